The molecule has 3 unspecified atom stereocenters. The van der Waals surface area contributed by atoms with Gasteiger partial charge in [-0.05, 0) is 62.6 Å². The lowest BCUT2D eigenvalue weighted by molar-refractivity contribution is -0.0221. The zero-order valence-electron chi connectivity index (χ0n) is 15.6. The fourth-order valence-electron chi connectivity index (χ4n) is 5.15. The van der Waals surface area contributed by atoms with Crippen LogP contribution in [0.5, 0.6) is 0 Å². The van der Waals surface area contributed by atoms with E-state index in [1.807, 2.05) is 12.1 Å². The van der Waals surface area contributed by atoms with E-state index < -0.39 is 0 Å². The first kappa shape index (κ1) is 18.1. The van der Waals surface area contributed by atoms with Gasteiger partial charge in [0, 0.05) is 18.0 Å². The predicted octanol–water partition coefficient (Wildman–Crippen LogP) is 4.79. The molecule has 3 atom stereocenters. The third-order valence-electron chi connectivity index (χ3n) is 6.77. The van der Waals surface area contributed by atoms with E-state index in [2.05, 4.69) is 71.3 Å². The molecule has 0 saturated carbocycles. The maximum atomic E-state index is 13.7. The van der Waals surface area contributed by atoms with E-state index in [1.165, 1.54) is 11.1 Å². The van der Waals surface area contributed by atoms with Gasteiger partial charge in [0.05, 0.1) is 10.5 Å². The number of likely N-dealkylation sites (N-methyl/N-ethyl adjacent to an activating group) is 1. The first-order chi connectivity index (χ1) is 12.4. The Morgan fingerprint density at radius 2 is 1.81 bits per heavy atom. The number of benzene rings is 2. The van der Waals surface area contributed by atoms with Crippen LogP contribution in [0.25, 0.3) is 0 Å². The Labute approximate surface area is 163 Å². The molecule has 2 aliphatic rings. The second-order valence-electron chi connectivity index (χ2n) is 8.09. The molecule has 2 aromatic carbocycles. The van der Waals surface area contributed by atoms with Gasteiger partial charge in [0.15, 0.2) is 0 Å². The van der Waals surface area contributed by atoms with Gasteiger partial charge in [0.2, 0.25) is 0 Å². The average molecular weight is 417 g/mol. The number of rotatable bonds is 2. The quantitative estimate of drug-likeness (QED) is 0.559. The van der Waals surface area contributed by atoms with E-state index in [4.69, 9.17) is 0 Å². The van der Waals surface area contributed by atoms with Crippen molar-refractivity contribution in [1.82, 2.24) is 10.2 Å². The van der Waals surface area contributed by atoms with Crippen molar-refractivity contribution in [3.05, 3.63) is 71.0 Å². The van der Waals surface area contributed by atoms with Crippen LogP contribution in [0, 0.1) is 5.82 Å². The number of alkyl halides is 1. The number of fused-ring (bicyclic) bond motifs is 1. The fourth-order valence-corrected chi connectivity index (χ4v) is 5.83. The molecule has 2 nitrogen and oxygen atoms in total. The van der Waals surface area contributed by atoms with E-state index in [9.17, 15) is 4.39 Å². The SMILES string of the molecule is CN1C(Br)CNC(c2ccc(F)cc2)(C2CCc3ccccc32)C1(C)C. The minimum atomic E-state index is -0.285. The number of piperazine rings is 1. The van der Waals surface area contributed by atoms with Crippen LogP contribution in [0.3, 0.4) is 0 Å². The molecule has 1 heterocycles. The second-order valence-corrected chi connectivity index (χ2v) is 9.15. The summed E-state index contributed by atoms with van der Waals surface area (Å²) < 4.78 is 13.7. The summed E-state index contributed by atoms with van der Waals surface area (Å²) in [5.41, 5.74) is 3.59. The highest BCUT2D eigenvalue weighted by Gasteiger charge is 2.58. The summed E-state index contributed by atoms with van der Waals surface area (Å²) >= 11 is 3.81. The Morgan fingerprint density at radius 1 is 1.12 bits per heavy atom. The molecule has 1 aliphatic heterocycles. The van der Waals surface area contributed by atoms with Gasteiger partial charge in [-0.3, -0.25) is 4.90 Å². The van der Waals surface area contributed by atoms with Crippen LogP contribution in [-0.4, -0.2) is 29.0 Å². The molecular formula is C22H26BrFN2. The summed E-state index contributed by atoms with van der Waals surface area (Å²) in [6.45, 7) is 5.45. The van der Waals surface area contributed by atoms with Crippen molar-refractivity contribution in [2.75, 3.05) is 13.6 Å². The van der Waals surface area contributed by atoms with Gasteiger partial charge in [-0.1, -0.05) is 52.3 Å². The molecule has 2 aromatic rings. The van der Waals surface area contributed by atoms with Crippen LogP contribution < -0.4 is 5.32 Å². The van der Waals surface area contributed by atoms with Crippen LogP contribution >= 0.6 is 15.9 Å². The lowest BCUT2D eigenvalue weighted by Crippen LogP contribution is -2.73. The first-order valence-corrected chi connectivity index (χ1v) is 10.3. The second kappa shape index (κ2) is 6.43. The zero-order chi connectivity index (χ0) is 18.5. The van der Waals surface area contributed by atoms with Crippen molar-refractivity contribution in [3.8, 4) is 0 Å². The summed E-state index contributed by atoms with van der Waals surface area (Å²) in [5.74, 6) is 0.165. The van der Waals surface area contributed by atoms with Crippen molar-refractivity contribution < 1.29 is 4.39 Å². The van der Waals surface area contributed by atoms with Gasteiger partial charge >= 0.3 is 0 Å². The van der Waals surface area contributed by atoms with Crippen LogP contribution in [0.15, 0.2) is 48.5 Å². The Bertz CT molecular complexity index is 804. The first-order valence-electron chi connectivity index (χ1n) is 9.34. The van der Waals surface area contributed by atoms with Gasteiger partial charge in [0.25, 0.3) is 0 Å². The Balaban J connectivity index is 1.93. The molecule has 0 bridgehead atoms. The molecule has 4 heteroatoms. The van der Waals surface area contributed by atoms with E-state index in [0.29, 0.717) is 5.92 Å². The van der Waals surface area contributed by atoms with Gasteiger partial charge in [-0.15, -0.1) is 0 Å². The predicted molar refractivity (Wildman–Crippen MR) is 108 cm³/mol. The molecule has 1 saturated heterocycles. The van der Waals surface area contributed by atoms with Crippen LogP contribution in [0.4, 0.5) is 4.39 Å². The highest BCUT2D eigenvalue weighted by Crippen LogP contribution is 2.54. The van der Waals surface area contributed by atoms with Crippen molar-refractivity contribution in [1.29, 1.82) is 0 Å². The summed E-state index contributed by atoms with van der Waals surface area (Å²) in [6.07, 6.45) is 2.21. The normalized spacial score (nSPS) is 31.0. The van der Waals surface area contributed by atoms with Crippen LogP contribution in [-0.2, 0) is 12.0 Å². The molecular weight excluding hydrogens is 391 g/mol. The third kappa shape index (κ3) is 2.49. The zero-order valence-corrected chi connectivity index (χ0v) is 17.2. The molecule has 26 heavy (non-hydrogen) atoms. The summed E-state index contributed by atoms with van der Waals surface area (Å²) in [6, 6.07) is 15.9. The topological polar surface area (TPSA) is 15.3 Å². The minimum Gasteiger partial charge on any atom is -0.303 e. The Morgan fingerprint density at radius 3 is 2.54 bits per heavy atom. The highest BCUT2D eigenvalue weighted by molar-refractivity contribution is 9.09. The monoisotopic (exact) mass is 416 g/mol. The number of hydrogen-bond donors (Lipinski definition) is 1. The number of aryl methyl sites for hydroxylation is 1. The summed E-state index contributed by atoms with van der Waals surface area (Å²) in [5, 5.41) is 3.91. The molecule has 4 rings (SSSR count). The molecule has 1 N–H and O–H groups in total. The van der Waals surface area contributed by atoms with E-state index in [0.717, 1.165) is 24.9 Å². The molecule has 1 aliphatic carbocycles. The highest BCUT2D eigenvalue weighted by atomic mass is 79.9. The lowest BCUT2D eigenvalue weighted by atomic mass is 9.62. The molecule has 0 spiro atoms. The van der Waals surface area contributed by atoms with Crippen molar-refractivity contribution in [2.45, 2.75) is 48.6 Å². The molecule has 0 amide bonds. The van der Waals surface area contributed by atoms with Crippen LogP contribution in [0.1, 0.15) is 42.9 Å². The molecule has 1 fully saturated rings. The number of nitrogens with one attached hydrogen (secondary N) is 1. The Hall–Kier alpha value is -1.23. The largest absolute Gasteiger partial charge is 0.303 e. The van der Waals surface area contributed by atoms with Crippen molar-refractivity contribution in [2.24, 2.45) is 0 Å². The van der Waals surface area contributed by atoms with Gasteiger partial charge < -0.3 is 5.32 Å². The van der Waals surface area contributed by atoms with Gasteiger partial charge in [-0.2, -0.15) is 0 Å². The van der Waals surface area contributed by atoms with Crippen molar-refractivity contribution in [3.63, 3.8) is 0 Å². The molecule has 0 aromatic heterocycles. The fraction of sp³-hybridized carbons (Fsp3) is 0.455. The maximum Gasteiger partial charge on any atom is 0.123 e. The van der Waals surface area contributed by atoms with Crippen LogP contribution in [0.2, 0.25) is 0 Å². The van der Waals surface area contributed by atoms with E-state index >= 15 is 0 Å². The van der Waals surface area contributed by atoms with E-state index in [1.54, 1.807) is 12.1 Å². The van der Waals surface area contributed by atoms with Gasteiger partial charge in [0.1, 0.15) is 5.82 Å². The lowest BCUT2D eigenvalue weighted by Gasteiger charge is -2.60. The average Bonchev–Trinajstić information content (AvgIpc) is 3.06. The molecule has 138 valence electrons. The van der Waals surface area contributed by atoms with Gasteiger partial charge in [-0.25, -0.2) is 4.39 Å². The molecule has 0 radical (unpaired) electrons. The number of hydrogen-bond acceptors (Lipinski definition) is 2. The van der Waals surface area contributed by atoms with E-state index in [-0.39, 0.29) is 21.8 Å². The Kier molecular flexibility index (Phi) is 4.49. The van der Waals surface area contributed by atoms with Crippen molar-refractivity contribution >= 4 is 15.9 Å². The standard InChI is InChI=1S/C22H26BrFN2/c1-21(2)22(25-14-20(23)26(21)3,16-9-11-17(24)12-10-16)19-13-8-15-6-4-5-7-18(15)19/h4-7,9-12,19-20,25H,8,13-14H2,1-3H3. The summed E-state index contributed by atoms with van der Waals surface area (Å²) in [7, 11) is 2.18. The maximum absolute atomic E-state index is 13.7. The minimum absolute atomic E-state index is 0.167. The smallest absolute Gasteiger partial charge is 0.123 e. The number of nitrogens with zero attached hydrogens (tertiary/aromatic N) is 1. The number of halogens is 2. The third-order valence-corrected chi connectivity index (χ3v) is 7.71. The summed E-state index contributed by atoms with van der Waals surface area (Å²) in [4.78, 5) is 2.68.